The lowest BCUT2D eigenvalue weighted by atomic mass is 10.1. The maximum absolute atomic E-state index is 12.8. The van der Waals surface area contributed by atoms with Crippen LogP contribution in [-0.2, 0) is 12.7 Å². The van der Waals surface area contributed by atoms with Crippen LogP contribution in [-0.4, -0.2) is 10.9 Å². The van der Waals surface area contributed by atoms with Crippen molar-refractivity contribution >= 4 is 5.91 Å². The van der Waals surface area contributed by atoms with E-state index in [0.717, 1.165) is 12.1 Å². The third-order valence-corrected chi connectivity index (χ3v) is 2.63. The van der Waals surface area contributed by atoms with Gasteiger partial charge < -0.3 is 5.32 Å². The van der Waals surface area contributed by atoms with Gasteiger partial charge in [-0.05, 0) is 24.3 Å². The second-order valence-corrected chi connectivity index (χ2v) is 4.05. The van der Waals surface area contributed by atoms with E-state index in [9.17, 15) is 18.0 Å². The lowest BCUT2D eigenvalue weighted by molar-refractivity contribution is -0.137. The van der Waals surface area contributed by atoms with E-state index < -0.39 is 23.2 Å². The van der Waals surface area contributed by atoms with Crippen LogP contribution in [0.15, 0.2) is 48.7 Å². The number of carbonyl (C=O) groups is 1. The molecular weight excluding hydrogens is 269 g/mol. The number of hydrogen-bond donors (Lipinski definition) is 1. The van der Waals surface area contributed by atoms with Crippen molar-refractivity contribution in [1.82, 2.24) is 10.3 Å². The van der Waals surface area contributed by atoms with E-state index in [1.165, 1.54) is 12.1 Å². The zero-order valence-corrected chi connectivity index (χ0v) is 10.3. The molecular formula is C14H11F3N2O. The summed E-state index contributed by atoms with van der Waals surface area (Å²) in [6.45, 7) is 0.0753. The molecule has 1 N–H and O–H groups in total. The predicted octanol–water partition coefficient (Wildman–Crippen LogP) is 3.03. The topological polar surface area (TPSA) is 42.0 Å². The fraction of sp³-hybridized carbons (Fsp3) is 0.143. The highest BCUT2D eigenvalue weighted by Crippen LogP contribution is 2.31. The lowest BCUT2D eigenvalue weighted by Crippen LogP contribution is -2.26. The van der Waals surface area contributed by atoms with Gasteiger partial charge in [0, 0.05) is 6.20 Å². The number of alkyl halides is 3. The summed E-state index contributed by atoms with van der Waals surface area (Å²) in [7, 11) is 0. The van der Waals surface area contributed by atoms with Crippen molar-refractivity contribution in [2.75, 3.05) is 0 Å². The number of rotatable bonds is 3. The fourth-order valence-electron chi connectivity index (χ4n) is 1.70. The Balaban J connectivity index is 2.14. The molecule has 0 radical (unpaired) electrons. The van der Waals surface area contributed by atoms with E-state index in [1.807, 2.05) is 0 Å². The molecule has 2 rings (SSSR count). The van der Waals surface area contributed by atoms with Gasteiger partial charge in [-0.25, -0.2) is 0 Å². The molecule has 0 unspecified atom stereocenters. The van der Waals surface area contributed by atoms with Gasteiger partial charge in [0.15, 0.2) is 0 Å². The first-order chi connectivity index (χ1) is 9.48. The number of halogens is 3. The molecule has 0 atom stereocenters. The van der Waals surface area contributed by atoms with Crippen molar-refractivity contribution in [3.8, 4) is 0 Å². The van der Waals surface area contributed by atoms with Gasteiger partial charge in [-0.2, -0.15) is 13.2 Å². The smallest absolute Gasteiger partial charge is 0.346 e. The molecule has 1 heterocycles. The second-order valence-electron chi connectivity index (χ2n) is 4.05. The Labute approximate surface area is 113 Å². The summed E-state index contributed by atoms with van der Waals surface area (Å²) in [5, 5.41) is 2.43. The number of nitrogens with zero attached hydrogens (tertiary/aromatic N) is 1. The molecule has 0 spiro atoms. The predicted molar refractivity (Wildman–Crippen MR) is 66.9 cm³/mol. The van der Waals surface area contributed by atoms with Gasteiger partial charge in [0.1, 0.15) is 0 Å². The average molecular weight is 280 g/mol. The van der Waals surface area contributed by atoms with Crippen LogP contribution < -0.4 is 5.32 Å². The Morgan fingerprint density at radius 2 is 1.80 bits per heavy atom. The van der Waals surface area contributed by atoms with Crippen molar-refractivity contribution in [2.24, 2.45) is 0 Å². The summed E-state index contributed by atoms with van der Waals surface area (Å²) in [5.41, 5.74) is -0.764. The Morgan fingerprint density at radius 3 is 2.45 bits per heavy atom. The largest absolute Gasteiger partial charge is 0.417 e. The van der Waals surface area contributed by atoms with E-state index in [2.05, 4.69) is 10.3 Å². The molecule has 0 aliphatic heterocycles. The van der Waals surface area contributed by atoms with Crippen LogP contribution in [0.2, 0.25) is 0 Å². The van der Waals surface area contributed by atoms with Gasteiger partial charge in [-0.15, -0.1) is 0 Å². The molecule has 0 aliphatic rings. The number of hydrogen-bond acceptors (Lipinski definition) is 2. The van der Waals surface area contributed by atoms with E-state index in [-0.39, 0.29) is 6.54 Å². The number of amides is 1. The zero-order valence-electron chi connectivity index (χ0n) is 10.3. The first-order valence-electron chi connectivity index (χ1n) is 5.83. The van der Waals surface area contributed by atoms with Crippen LogP contribution in [0.5, 0.6) is 0 Å². The van der Waals surface area contributed by atoms with Gasteiger partial charge in [-0.1, -0.05) is 18.2 Å². The van der Waals surface area contributed by atoms with Crippen molar-refractivity contribution < 1.29 is 18.0 Å². The van der Waals surface area contributed by atoms with Gasteiger partial charge in [0.2, 0.25) is 0 Å². The fourth-order valence-corrected chi connectivity index (χ4v) is 1.70. The van der Waals surface area contributed by atoms with Crippen molar-refractivity contribution in [2.45, 2.75) is 12.7 Å². The molecule has 6 heteroatoms. The zero-order chi connectivity index (χ0) is 14.6. The molecule has 0 saturated heterocycles. The van der Waals surface area contributed by atoms with Crippen LogP contribution in [0.4, 0.5) is 13.2 Å². The lowest BCUT2D eigenvalue weighted by Gasteiger charge is -2.12. The van der Waals surface area contributed by atoms with E-state index in [4.69, 9.17) is 0 Å². The highest BCUT2D eigenvalue weighted by atomic mass is 19.4. The number of aromatic nitrogens is 1. The van der Waals surface area contributed by atoms with Crippen molar-refractivity contribution in [3.63, 3.8) is 0 Å². The first-order valence-corrected chi connectivity index (χ1v) is 5.83. The number of carbonyl (C=O) groups excluding carboxylic acids is 1. The quantitative estimate of drug-likeness (QED) is 0.939. The Hall–Kier alpha value is -2.37. The number of benzene rings is 1. The SMILES string of the molecule is O=C(NCc1ccccn1)c1ccccc1C(F)(F)F. The summed E-state index contributed by atoms with van der Waals surface area (Å²) in [6, 6.07) is 9.80. The van der Waals surface area contributed by atoms with E-state index in [0.29, 0.717) is 5.69 Å². The van der Waals surface area contributed by atoms with Gasteiger partial charge >= 0.3 is 6.18 Å². The minimum absolute atomic E-state index is 0.0753. The molecule has 1 aromatic carbocycles. The monoisotopic (exact) mass is 280 g/mol. The van der Waals surface area contributed by atoms with Crippen molar-refractivity contribution in [1.29, 1.82) is 0 Å². The molecule has 0 fully saturated rings. The van der Waals surface area contributed by atoms with Crippen LogP contribution in [0.1, 0.15) is 21.6 Å². The van der Waals surface area contributed by atoms with Crippen LogP contribution in [0.25, 0.3) is 0 Å². The highest BCUT2D eigenvalue weighted by molar-refractivity contribution is 5.95. The van der Waals surface area contributed by atoms with Crippen LogP contribution in [0.3, 0.4) is 0 Å². The van der Waals surface area contributed by atoms with Gasteiger partial charge in [0.25, 0.3) is 5.91 Å². The molecule has 1 amide bonds. The standard InChI is InChI=1S/C14H11F3N2O/c15-14(16,17)12-7-2-1-6-11(12)13(20)19-9-10-5-3-4-8-18-10/h1-8H,9H2,(H,19,20). The van der Waals surface area contributed by atoms with Crippen LogP contribution >= 0.6 is 0 Å². The molecule has 0 aliphatic carbocycles. The van der Waals surface area contributed by atoms with E-state index in [1.54, 1.807) is 24.4 Å². The summed E-state index contributed by atoms with van der Waals surface area (Å²) in [5.74, 6) is -0.774. The molecule has 0 bridgehead atoms. The average Bonchev–Trinajstić information content (AvgIpc) is 2.45. The summed E-state index contributed by atoms with van der Waals surface area (Å²) < 4.78 is 38.3. The molecule has 3 nitrogen and oxygen atoms in total. The summed E-state index contributed by atoms with van der Waals surface area (Å²) in [4.78, 5) is 15.8. The number of pyridine rings is 1. The Morgan fingerprint density at radius 1 is 1.10 bits per heavy atom. The normalized spacial score (nSPS) is 11.2. The Bertz CT molecular complexity index is 597. The second kappa shape index (κ2) is 5.73. The maximum atomic E-state index is 12.8. The van der Waals surface area contributed by atoms with Crippen molar-refractivity contribution in [3.05, 3.63) is 65.5 Å². The summed E-state index contributed by atoms with van der Waals surface area (Å²) in [6.07, 6.45) is -3.01. The van der Waals surface area contributed by atoms with Gasteiger partial charge in [-0.3, -0.25) is 9.78 Å². The minimum Gasteiger partial charge on any atom is -0.346 e. The van der Waals surface area contributed by atoms with Crippen LogP contribution in [0, 0.1) is 0 Å². The summed E-state index contributed by atoms with van der Waals surface area (Å²) >= 11 is 0. The van der Waals surface area contributed by atoms with E-state index >= 15 is 0 Å². The Kier molecular flexibility index (Phi) is 4.02. The minimum atomic E-state index is -4.56. The third-order valence-electron chi connectivity index (χ3n) is 2.63. The highest BCUT2D eigenvalue weighted by Gasteiger charge is 2.34. The maximum Gasteiger partial charge on any atom is 0.417 e. The number of nitrogens with one attached hydrogen (secondary N) is 1. The molecule has 20 heavy (non-hydrogen) atoms. The van der Waals surface area contributed by atoms with Gasteiger partial charge in [0.05, 0.1) is 23.4 Å². The molecule has 0 saturated carbocycles. The molecule has 1 aromatic heterocycles. The first kappa shape index (κ1) is 14.0. The third kappa shape index (κ3) is 3.34. The molecule has 2 aromatic rings. The molecule has 104 valence electrons.